The summed E-state index contributed by atoms with van der Waals surface area (Å²) >= 11 is 1.50. The van der Waals surface area contributed by atoms with Crippen LogP contribution in [-0.4, -0.2) is 36.1 Å². The van der Waals surface area contributed by atoms with Gasteiger partial charge in [-0.15, -0.1) is 11.8 Å². The largest absolute Gasteiger partial charge is 0.336 e. The molecule has 0 aliphatic heterocycles. The van der Waals surface area contributed by atoms with Crippen LogP contribution in [0.1, 0.15) is 16.7 Å². The molecule has 0 unspecified atom stereocenters. The van der Waals surface area contributed by atoms with E-state index in [4.69, 9.17) is 0 Å². The van der Waals surface area contributed by atoms with Gasteiger partial charge in [-0.05, 0) is 49.6 Å². The number of anilines is 1. The number of benzene rings is 2. The third kappa shape index (κ3) is 5.36. The van der Waals surface area contributed by atoms with Gasteiger partial charge in [-0.25, -0.2) is 0 Å². The summed E-state index contributed by atoms with van der Waals surface area (Å²) in [6.07, 6.45) is 0. The highest BCUT2D eigenvalue weighted by molar-refractivity contribution is 8.00. The van der Waals surface area contributed by atoms with Gasteiger partial charge in [-0.3, -0.25) is 9.59 Å². The van der Waals surface area contributed by atoms with E-state index in [1.54, 1.807) is 7.05 Å². The Kier molecular flexibility index (Phi) is 6.65. The molecule has 2 rings (SSSR count). The van der Waals surface area contributed by atoms with Crippen molar-refractivity contribution in [2.24, 2.45) is 0 Å². The van der Waals surface area contributed by atoms with Gasteiger partial charge in [-0.2, -0.15) is 0 Å². The number of likely N-dealkylation sites (N-methyl/N-ethyl adjacent to an activating group) is 1. The highest BCUT2D eigenvalue weighted by atomic mass is 32.2. The van der Waals surface area contributed by atoms with Crippen molar-refractivity contribution in [3.8, 4) is 0 Å². The van der Waals surface area contributed by atoms with E-state index >= 15 is 0 Å². The molecule has 2 aromatic carbocycles. The number of hydrogen-bond donors (Lipinski definition) is 1. The molecule has 0 aliphatic rings. The molecule has 132 valence electrons. The van der Waals surface area contributed by atoms with E-state index in [0.29, 0.717) is 5.75 Å². The third-order valence-electron chi connectivity index (χ3n) is 4.13. The summed E-state index contributed by atoms with van der Waals surface area (Å²) in [7, 11) is 1.66. The van der Waals surface area contributed by atoms with E-state index in [1.165, 1.54) is 16.7 Å². The van der Waals surface area contributed by atoms with Crippen molar-refractivity contribution in [1.82, 2.24) is 4.90 Å². The number of nitrogens with one attached hydrogen (secondary N) is 1. The fraction of sp³-hybridized carbons (Fsp3) is 0.300. The van der Waals surface area contributed by atoms with Crippen molar-refractivity contribution in [2.75, 3.05) is 24.7 Å². The molecule has 25 heavy (non-hydrogen) atoms. The summed E-state index contributed by atoms with van der Waals surface area (Å²) in [4.78, 5) is 27.0. The van der Waals surface area contributed by atoms with Gasteiger partial charge in [0.05, 0.1) is 12.3 Å². The van der Waals surface area contributed by atoms with Crippen LogP contribution in [0, 0.1) is 20.8 Å². The van der Waals surface area contributed by atoms with E-state index < -0.39 is 0 Å². The Balaban J connectivity index is 1.87. The second-order valence-corrected chi connectivity index (χ2v) is 7.12. The summed E-state index contributed by atoms with van der Waals surface area (Å²) in [6, 6.07) is 13.7. The van der Waals surface area contributed by atoms with Crippen molar-refractivity contribution in [3.63, 3.8) is 0 Å². The van der Waals surface area contributed by atoms with Gasteiger partial charge in [-0.1, -0.05) is 30.3 Å². The van der Waals surface area contributed by atoms with Crippen LogP contribution in [0.3, 0.4) is 0 Å². The second-order valence-electron chi connectivity index (χ2n) is 6.10. The Morgan fingerprint density at radius 3 is 2.40 bits per heavy atom. The maximum atomic E-state index is 12.3. The SMILES string of the molecule is Cc1ccccc1SCC(=O)N(C)CC(=O)Nc1cccc(C)c1C. The molecule has 0 aliphatic carbocycles. The minimum absolute atomic E-state index is 0.0422. The van der Waals surface area contributed by atoms with Crippen molar-refractivity contribution in [2.45, 2.75) is 25.7 Å². The van der Waals surface area contributed by atoms with E-state index in [9.17, 15) is 9.59 Å². The molecule has 0 heterocycles. The summed E-state index contributed by atoms with van der Waals surface area (Å²) in [5.74, 6) is 0.0628. The first-order chi connectivity index (χ1) is 11.9. The predicted molar refractivity (Wildman–Crippen MR) is 104 cm³/mol. The lowest BCUT2D eigenvalue weighted by Gasteiger charge is -2.18. The molecule has 0 fully saturated rings. The molecule has 5 heteroatoms. The van der Waals surface area contributed by atoms with Crippen LogP contribution >= 0.6 is 11.8 Å². The Labute approximate surface area is 153 Å². The molecule has 0 atom stereocenters. The number of hydrogen-bond acceptors (Lipinski definition) is 3. The zero-order valence-corrected chi connectivity index (χ0v) is 15.9. The molecule has 2 amide bonds. The number of carbonyl (C=O) groups is 2. The fourth-order valence-electron chi connectivity index (χ4n) is 2.35. The minimum Gasteiger partial charge on any atom is -0.336 e. The van der Waals surface area contributed by atoms with Gasteiger partial charge in [0.2, 0.25) is 11.8 Å². The Bertz CT molecular complexity index is 774. The van der Waals surface area contributed by atoms with Gasteiger partial charge in [0.1, 0.15) is 0 Å². The van der Waals surface area contributed by atoms with Gasteiger partial charge >= 0.3 is 0 Å². The number of aryl methyl sites for hydroxylation is 2. The van der Waals surface area contributed by atoms with Crippen LogP contribution < -0.4 is 5.32 Å². The molecule has 0 spiro atoms. The molecule has 0 saturated heterocycles. The van der Waals surface area contributed by atoms with Gasteiger partial charge in [0.15, 0.2) is 0 Å². The average Bonchev–Trinajstić information content (AvgIpc) is 2.58. The Morgan fingerprint density at radius 2 is 1.68 bits per heavy atom. The first-order valence-corrected chi connectivity index (χ1v) is 9.15. The zero-order valence-electron chi connectivity index (χ0n) is 15.1. The third-order valence-corrected chi connectivity index (χ3v) is 5.29. The van der Waals surface area contributed by atoms with Crippen molar-refractivity contribution >= 4 is 29.3 Å². The first kappa shape index (κ1) is 19.1. The summed E-state index contributed by atoms with van der Waals surface area (Å²) < 4.78 is 0. The monoisotopic (exact) mass is 356 g/mol. The molecule has 2 aromatic rings. The minimum atomic E-state index is -0.189. The molecular formula is C20H24N2O2S. The predicted octanol–water partition coefficient (Wildman–Crippen LogP) is 3.80. The zero-order chi connectivity index (χ0) is 18.4. The number of amides is 2. The molecular weight excluding hydrogens is 332 g/mol. The lowest BCUT2D eigenvalue weighted by atomic mass is 10.1. The molecule has 0 bridgehead atoms. The number of carbonyl (C=O) groups excluding carboxylic acids is 2. The van der Waals surface area contributed by atoms with Crippen LogP contribution in [0.4, 0.5) is 5.69 Å². The van der Waals surface area contributed by atoms with Crippen molar-refractivity contribution < 1.29 is 9.59 Å². The van der Waals surface area contributed by atoms with Crippen LogP contribution in [-0.2, 0) is 9.59 Å². The summed E-state index contributed by atoms with van der Waals surface area (Å²) in [5.41, 5.74) is 4.10. The summed E-state index contributed by atoms with van der Waals surface area (Å²) in [5, 5.41) is 2.88. The highest BCUT2D eigenvalue weighted by Crippen LogP contribution is 2.22. The fourth-order valence-corrected chi connectivity index (χ4v) is 3.32. The molecule has 0 saturated carbocycles. The van der Waals surface area contributed by atoms with Crippen LogP contribution in [0.5, 0.6) is 0 Å². The number of thioether (sulfide) groups is 1. The standard InChI is InChI=1S/C20H24N2O2S/c1-14-9-7-10-17(16(14)3)21-19(23)12-22(4)20(24)13-25-18-11-6-5-8-15(18)2/h5-11H,12-13H2,1-4H3,(H,21,23). The quantitative estimate of drug-likeness (QED) is 0.801. The van der Waals surface area contributed by atoms with Crippen LogP contribution in [0.25, 0.3) is 0 Å². The second kappa shape index (κ2) is 8.72. The lowest BCUT2D eigenvalue weighted by Crippen LogP contribution is -2.36. The lowest BCUT2D eigenvalue weighted by molar-refractivity contribution is -0.131. The number of rotatable bonds is 6. The highest BCUT2D eigenvalue weighted by Gasteiger charge is 2.14. The van der Waals surface area contributed by atoms with Gasteiger partial charge in [0.25, 0.3) is 0 Å². The van der Waals surface area contributed by atoms with E-state index in [2.05, 4.69) is 5.32 Å². The van der Waals surface area contributed by atoms with Crippen LogP contribution in [0.15, 0.2) is 47.4 Å². The molecule has 1 N–H and O–H groups in total. The Morgan fingerprint density at radius 1 is 1.00 bits per heavy atom. The van der Waals surface area contributed by atoms with E-state index in [1.807, 2.05) is 63.2 Å². The van der Waals surface area contributed by atoms with Crippen molar-refractivity contribution in [3.05, 3.63) is 59.2 Å². The number of nitrogens with zero attached hydrogens (tertiary/aromatic N) is 1. The van der Waals surface area contributed by atoms with E-state index in [-0.39, 0.29) is 18.4 Å². The topological polar surface area (TPSA) is 49.4 Å². The van der Waals surface area contributed by atoms with Crippen LogP contribution in [0.2, 0.25) is 0 Å². The molecule has 0 aromatic heterocycles. The van der Waals surface area contributed by atoms with Gasteiger partial charge in [0, 0.05) is 17.6 Å². The first-order valence-electron chi connectivity index (χ1n) is 8.17. The average molecular weight is 356 g/mol. The maximum Gasteiger partial charge on any atom is 0.243 e. The Hall–Kier alpha value is -2.27. The molecule has 0 radical (unpaired) electrons. The van der Waals surface area contributed by atoms with E-state index in [0.717, 1.165) is 27.3 Å². The normalized spacial score (nSPS) is 10.4. The maximum absolute atomic E-state index is 12.3. The smallest absolute Gasteiger partial charge is 0.243 e. The van der Waals surface area contributed by atoms with Crippen molar-refractivity contribution in [1.29, 1.82) is 0 Å². The molecule has 4 nitrogen and oxygen atoms in total. The van der Waals surface area contributed by atoms with Gasteiger partial charge < -0.3 is 10.2 Å². The summed E-state index contributed by atoms with van der Waals surface area (Å²) in [6.45, 7) is 6.04.